The Labute approximate surface area is 124 Å². The zero-order chi connectivity index (χ0) is 14.1. The number of unbranched alkanes of at least 4 members (excludes halogenated alkanes) is 5. The summed E-state index contributed by atoms with van der Waals surface area (Å²) < 4.78 is 0.860. The van der Waals surface area contributed by atoms with Crippen molar-refractivity contribution in [2.75, 3.05) is 20.6 Å². The summed E-state index contributed by atoms with van der Waals surface area (Å²) in [5.74, 6) is 0. The minimum Gasteiger partial charge on any atom is -0.310 e. The van der Waals surface area contributed by atoms with Crippen LogP contribution in [0.4, 0.5) is 0 Å². The Morgan fingerprint density at radius 3 is 2.16 bits per heavy atom. The summed E-state index contributed by atoms with van der Waals surface area (Å²) in [6.07, 6.45) is 8.05. The van der Waals surface area contributed by atoms with Gasteiger partial charge in [-0.05, 0) is 12.8 Å². The van der Waals surface area contributed by atoms with Crippen molar-refractivity contribution >= 4 is 11.6 Å². The second-order valence-electron chi connectivity index (χ2n) is 6.02. The van der Waals surface area contributed by atoms with Crippen molar-refractivity contribution in [1.29, 1.82) is 0 Å². The van der Waals surface area contributed by atoms with E-state index >= 15 is 0 Å². The predicted octanol–water partition coefficient (Wildman–Crippen LogP) is 5.36. The number of nitrogens with zero attached hydrogens (tertiary/aromatic N) is 1. The molecule has 2 heteroatoms. The van der Waals surface area contributed by atoms with Crippen molar-refractivity contribution < 1.29 is 4.48 Å². The highest BCUT2D eigenvalue weighted by Gasteiger charge is 2.26. The fourth-order valence-corrected chi connectivity index (χ4v) is 2.67. The van der Waals surface area contributed by atoms with Crippen LogP contribution in [0.3, 0.4) is 0 Å². The number of hydrogen-bond acceptors (Lipinski definition) is 0. The highest BCUT2D eigenvalue weighted by atomic mass is 35.5. The van der Waals surface area contributed by atoms with E-state index in [2.05, 4.69) is 45.3 Å². The molecule has 108 valence electrons. The fourth-order valence-electron chi connectivity index (χ4n) is 2.43. The normalized spacial score (nSPS) is 13.5. The lowest BCUT2D eigenvalue weighted by molar-refractivity contribution is -0.907. The van der Waals surface area contributed by atoms with Gasteiger partial charge in [0.1, 0.15) is 0 Å². The SMILES string of the molecule is CCCCCCCC[N+](C)(C)C(Cl)c1ccccc1. The molecule has 0 N–H and O–H groups in total. The molecule has 1 nitrogen and oxygen atoms in total. The molecule has 1 aromatic rings. The maximum Gasteiger partial charge on any atom is 0.190 e. The van der Waals surface area contributed by atoms with Crippen molar-refractivity contribution in [1.82, 2.24) is 0 Å². The van der Waals surface area contributed by atoms with Crippen molar-refractivity contribution in [3.63, 3.8) is 0 Å². The molecule has 0 heterocycles. The van der Waals surface area contributed by atoms with E-state index < -0.39 is 0 Å². The molecule has 1 atom stereocenters. The summed E-state index contributed by atoms with van der Waals surface area (Å²) in [6.45, 7) is 3.41. The molecule has 0 spiro atoms. The molecule has 0 aromatic heterocycles. The molecule has 0 bridgehead atoms. The van der Waals surface area contributed by atoms with E-state index in [4.69, 9.17) is 11.6 Å². The number of halogens is 1. The minimum absolute atomic E-state index is 0.0526. The molecule has 0 aliphatic rings. The Hall–Kier alpha value is -0.530. The topological polar surface area (TPSA) is 0 Å². The van der Waals surface area contributed by atoms with Crippen LogP contribution in [0.25, 0.3) is 0 Å². The summed E-state index contributed by atoms with van der Waals surface area (Å²) in [4.78, 5) is 0. The van der Waals surface area contributed by atoms with Crippen molar-refractivity contribution in [2.24, 2.45) is 0 Å². The van der Waals surface area contributed by atoms with Crippen LogP contribution < -0.4 is 0 Å². The predicted molar refractivity (Wildman–Crippen MR) is 85.4 cm³/mol. The number of hydrogen-bond donors (Lipinski definition) is 0. The first-order valence-corrected chi connectivity index (χ1v) is 8.03. The third-order valence-corrected chi connectivity index (χ3v) is 4.56. The lowest BCUT2D eigenvalue weighted by atomic mass is 10.1. The fraction of sp³-hybridized carbons (Fsp3) is 0.647. The van der Waals surface area contributed by atoms with Gasteiger partial charge < -0.3 is 4.48 Å². The van der Waals surface area contributed by atoms with Crippen LogP contribution in [0.2, 0.25) is 0 Å². The Morgan fingerprint density at radius 2 is 1.53 bits per heavy atom. The van der Waals surface area contributed by atoms with E-state index in [9.17, 15) is 0 Å². The zero-order valence-electron chi connectivity index (χ0n) is 12.7. The Morgan fingerprint density at radius 1 is 0.947 bits per heavy atom. The lowest BCUT2D eigenvalue weighted by Crippen LogP contribution is -2.41. The average molecular weight is 283 g/mol. The maximum atomic E-state index is 6.63. The first-order chi connectivity index (χ1) is 9.08. The minimum atomic E-state index is 0.0526. The molecule has 0 aliphatic carbocycles. The molecule has 0 radical (unpaired) electrons. The molecular formula is C17H29ClN+. The second-order valence-corrected chi connectivity index (χ2v) is 6.43. The van der Waals surface area contributed by atoms with Gasteiger partial charge in [-0.25, -0.2) is 0 Å². The first-order valence-electron chi connectivity index (χ1n) is 7.59. The maximum absolute atomic E-state index is 6.63. The summed E-state index contributed by atoms with van der Waals surface area (Å²) in [7, 11) is 4.47. The van der Waals surface area contributed by atoms with Gasteiger partial charge >= 0.3 is 0 Å². The molecule has 0 saturated carbocycles. The van der Waals surface area contributed by atoms with E-state index in [-0.39, 0.29) is 5.50 Å². The number of quaternary nitrogens is 1. The van der Waals surface area contributed by atoms with Crippen LogP contribution in [-0.2, 0) is 0 Å². The van der Waals surface area contributed by atoms with Crippen LogP contribution in [0.15, 0.2) is 30.3 Å². The van der Waals surface area contributed by atoms with Gasteiger partial charge in [0.05, 0.1) is 20.6 Å². The number of rotatable bonds is 9. The standard InChI is InChI=1S/C17H29ClN/c1-4-5-6-7-8-12-15-19(2,3)17(18)16-13-10-9-11-14-16/h9-11,13-14,17H,4-8,12,15H2,1-3H3/q+1. The van der Waals surface area contributed by atoms with Gasteiger partial charge in [0.25, 0.3) is 0 Å². The molecule has 0 amide bonds. The summed E-state index contributed by atoms with van der Waals surface area (Å²) in [5.41, 5.74) is 1.27. The van der Waals surface area contributed by atoms with E-state index in [1.54, 1.807) is 0 Å². The van der Waals surface area contributed by atoms with Gasteiger partial charge in [0.2, 0.25) is 0 Å². The molecule has 1 rings (SSSR count). The Bertz CT molecular complexity index is 334. The summed E-state index contributed by atoms with van der Waals surface area (Å²) in [6, 6.07) is 10.4. The van der Waals surface area contributed by atoms with Gasteiger partial charge in [0, 0.05) is 5.56 Å². The zero-order valence-corrected chi connectivity index (χ0v) is 13.5. The van der Waals surface area contributed by atoms with E-state index in [1.807, 2.05) is 6.07 Å². The third kappa shape index (κ3) is 5.97. The van der Waals surface area contributed by atoms with E-state index in [0.717, 1.165) is 11.0 Å². The third-order valence-electron chi connectivity index (χ3n) is 3.78. The van der Waals surface area contributed by atoms with Gasteiger partial charge in [-0.15, -0.1) is 0 Å². The van der Waals surface area contributed by atoms with Crippen molar-refractivity contribution in [3.05, 3.63) is 35.9 Å². The van der Waals surface area contributed by atoms with E-state index in [1.165, 1.54) is 44.1 Å². The van der Waals surface area contributed by atoms with Crippen LogP contribution in [0.1, 0.15) is 56.5 Å². The number of benzene rings is 1. The van der Waals surface area contributed by atoms with Crippen molar-refractivity contribution in [3.8, 4) is 0 Å². The van der Waals surface area contributed by atoms with Gasteiger partial charge in [-0.3, -0.25) is 0 Å². The lowest BCUT2D eigenvalue weighted by Gasteiger charge is -2.34. The average Bonchev–Trinajstić information content (AvgIpc) is 2.43. The molecule has 0 saturated heterocycles. The highest BCUT2D eigenvalue weighted by molar-refractivity contribution is 6.19. The summed E-state index contributed by atoms with van der Waals surface area (Å²) >= 11 is 6.63. The molecule has 0 fully saturated rings. The van der Waals surface area contributed by atoms with Crippen LogP contribution in [0, 0.1) is 0 Å². The molecule has 1 aromatic carbocycles. The summed E-state index contributed by atoms with van der Waals surface area (Å²) in [5, 5.41) is 0. The Kier molecular flexibility index (Phi) is 7.48. The highest BCUT2D eigenvalue weighted by Crippen LogP contribution is 2.29. The van der Waals surface area contributed by atoms with Gasteiger partial charge in [0.15, 0.2) is 5.50 Å². The first kappa shape index (κ1) is 16.5. The molecule has 0 aliphatic heterocycles. The largest absolute Gasteiger partial charge is 0.310 e. The monoisotopic (exact) mass is 282 g/mol. The van der Waals surface area contributed by atoms with Crippen LogP contribution in [-0.4, -0.2) is 25.1 Å². The number of alkyl halides is 1. The van der Waals surface area contributed by atoms with Gasteiger partial charge in [-0.2, -0.15) is 0 Å². The Balaban J connectivity index is 2.34. The quantitative estimate of drug-likeness (QED) is 0.247. The molecular weight excluding hydrogens is 254 g/mol. The van der Waals surface area contributed by atoms with E-state index in [0.29, 0.717) is 0 Å². The smallest absolute Gasteiger partial charge is 0.190 e. The van der Waals surface area contributed by atoms with Crippen molar-refractivity contribution in [2.45, 2.75) is 50.9 Å². The van der Waals surface area contributed by atoms with Crippen LogP contribution in [0.5, 0.6) is 0 Å². The second kappa shape index (κ2) is 8.60. The van der Waals surface area contributed by atoms with Gasteiger partial charge in [-0.1, -0.05) is 74.5 Å². The molecule has 1 unspecified atom stereocenters. The molecule has 19 heavy (non-hydrogen) atoms. The van der Waals surface area contributed by atoms with Crippen LogP contribution >= 0.6 is 11.6 Å².